The zero-order chi connectivity index (χ0) is 46.7. The first-order valence-electron chi connectivity index (χ1n) is 20.2. The van der Waals surface area contributed by atoms with E-state index in [4.69, 9.17) is 9.97 Å². The molecule has 2 aromatic heterocycles. The van der Waals surface area contributed by atoms with E-state index in [0.717, 1.165) is 0 Å². The highest BCUT2D eigenvalue weighted by molar-refractivity contribution is 5.83. The summed E-state index contributed by atoms with van der Waals surface area (Å²) in [5.74, 6) is -13.7. The molecule has 0 radical (unpaired) electrons. The highest BCUT2D eigenvalue weighted by Crippen LogP contribution is 2.52. The molecule has 6 unspecified atom stereocenters. The summed E-state index contributed by atoms with van der Waals surface area (Å²) in [5, 5.41) is 80.2. The summed E-state index contributed by atoms with van der Waals surface area (Å²) in [6, 6.07) is 4.46. The number of rotatable bonds is 20. The lowest BCUT2D eigenvalue weighted by atomic mass is 9.68. The average molecular weight is 879 g/mol. The van der Waals surface area contributed by atoms with Gasteiger partial charge in [-0.2, -0.15) is 0 Å². The van der Waals surface area contributed by atoms with E-state index in [0.29, 0.717) is 0 Å². The molecule has 2 aromatic rings. The Bertz CT molecular complexity index is 2450. The van der Waals surface area contributed by atoms with Crippen molar-refractivity contribution in [3.8, 4) is 0 Å². The summed E-state index contributed by atoms with van der Waals surface area (Å²) >= 11 is 0. The zero-order valence-electron chi connectivity index (χ0n) is 34.8. The lowest BCUT2D eigenvalue weighted by Gasteiger charge is -2.32. The molecule has 0 aromatic carbocycles. The molecule has 0 fully saturated rings. The molecule has 10 N–H and O–H groups in total. The highest BCUT2D eigenvalue weighted by atomic mass is 16.4. The summed E-state index contributed by atoms with van der Waals surface area (Å²) in [5.41, 5.74) is -1.05. The van der Waals surface area contributed by atoms with Gasteiger partial charge < -0.3 is 50.8 Å². The predicted octanol–water partition coefficient (Wildman–Crippen LogP) is 4.96. The SMILES string of the molecule is Cc1c2nc(cc3[nH]c(cc4nc(cc5[nH]c1c(CC(=O)O)c5CCC(=O)O)C(CCC(=O)O)C4CC(=O)O)C(CCC(=O)O)C3(C)CC(=O)O)C(CCC(=O)O)C2(C)CC(=O)O. The van der Waals surface area contributed by atoms with Gasteiger partial charge in [-0.15, -0.1) is 0 Å². The fourth-order valence-electron chi connectivity index (χ4n) is 9.80. The number of carboxylic acids is 8. The molecule has 20 heteroatoms. The number of nitrogens with one attached hydrogen (secondary N) is 2. The Balaban J connectivity index is 2.09. The van der Waals surface area contributed by atoms with Crippen LogP contribution in [0.3, 0.4) is 0 Å². The Hall–Kier alpha value is -6.86. The van der Waals surface area contributed by atoms with E-state index in [-0.39, 0.29) is 87.6 Å². The van der Waals surface area contributed by atoms with Crippen molar-refractivity contribution in [3.63, 3.8) is 0 Å². The van der Waals surface area contributed by atoms with Gasteiger partial charge in [-0.3, -0.25) is 48.3 Å². The van der Waals surface area contributed by atoms with Crippen molar-refractivity contribution < 1.29 is 79.2 Å². The summed E-state index contributed by atoms with van der Waals surface area (Å²) in [6.45, 7) is 4.72. The molecule has 3 aliphatic heterocycles. The minimum Gasteiger partial charge on any atom is -0.481 e. The van der Waals surface area contributed by atoms with Crippen LogP contribution in [-0.2, 0) is 62.0 Å². The topological polar surface area (TPSA) is 356 Å². The van der Waals surface area contributed by atoms with Crippen LogP contribution in [0.4, 0.5) is 0 Å². The maximum atomic E-state index is 12.7. The molecule has 6 atom stereocenters. The van der Waals surface area contributed by atoms with Crippen LogP contribution in [0.5, 0.6) is 0 Å². The lowest BCUT2D eigenvalue weighted by Crippen LogP contribution is -2.32. The predicted molar refractivity (Wildman–Crippen MR) is 217 cm³/mol. The molecule has 0 aliphatic carbocycles. The zero-order valence-corrected chi connectivity index (χ0v) is 34.8. The molecule has 63 heavy (non-hydrogen) atoms. The number of aromatic amines is 2. The van der Waals surface area contributed by atoms with Crippen molar-refractivity contribution in [2.75, 3.05) is 0 Å². The van der Waals surface area contributed by atoms with E-state index in [9.17, 15) is 79.2 Å². The number of hydrogen-bond acceptors (Lipinski definition) is 10. The first-order valence-corrected chi connectivity index (χ1v) is 20.2. The van der Waals surface area contributed by atoms with Gasteiger partial charge in [-0.1, -0.05) is 13.8 Å². The number of aliphatic carboxylic acids is 8. The van der Waals surface area contributed by atoms with Gasteiger partial charge >= 0.3 is 47.8 Å². The van der Waals surface area contributed by atoms with Crippen LogP contribution in [0, 0.1) is 6.92 Å². The molecule has 0 amide bonds. The Kier molecular flexibility index (Phi) is 14.0. The smallest absolute Gasteiger partial charge is 0.307 e. The van der Waals surface area contributed by atoms with Crippen molar-refractivity contribution in [2.45, 2.75) is 132 Å². The van der Waals surface area contributed by atoms with Crippen LogP contribution in [0.2, 0.25) is 0 Å². The number of hydrogen-bond donors (Lipinski definition) is 10. The van der Waals surface area contributed by atoms with E-state index in [1.165, 1.54) is 18.2 Å². The minimum atomic E-state index is -1.49. The quantitative estimate of drug-likeness (QED) is 0.0840. The third kappa shape index (κ3) is 10.3. The maximum Gasteiger partial charge on any atom is 0.307 e. The van der Waals surface area contributed by atoms with Gasteiger partial charge in [0.05, 0.1) is 31.4 Å². The van der Waals surface area contributed by atoms with E-state index < -0.39 is 134 Å². The van der Waals surface area contributed by atoms with Crippen LogP contribution in [0.15, 0.2) is 18.2 Å². The van der Waals surface area contributed by atoms with Crippen LogP contribution in [-0.4, -0.2) is 109 Å². The average Bonchev–Trinajstić information content (AvgIpc) is 3.80. The van der Waals surface area contributed by atoms with Gasteiger partial charge in [-0.25, -0.2) is 0 Å². The molecule has 5 heterocycles. The van der Waals surface area contributed by atoms with E-state index in [1.807, 2.05) is 0 Å². The van der Waals surface area contributed by atoms with Gasteiger partial charge in [0.15, 0.2) is 0 Å². The van der Waals surface area contributed by atoms with Crippen molar-refractivity contribution in [1.82, 2.24) is 19.9 Å². The largest absolute Gasteiger partial charge is 0.481 e. The first-order chi connectivity index (χ1) is 29.4. The maximum absolute atomic E-state index is 12.7. The monoisotopic (exact) mass is 878 g/mol. The van der Waals surface area contributed by atoms with Crippen LogP contribution in [0.25, 0.3) is 11.0 Å². The van der Waals surface area contributed by atoms with Crippen molar-refractivity contribution in [2.24, 2.45) is 0 Å². The number of nitrogens with zero attached hydrogens (tertiary/aromatic N) is 2. The van der Waals surface area contributed by atoms with Crippen molar-refractivity contribution >= 4 is 58.8 Å². The van der Waals surface area contributed by atoms with Gasteiger partial charge in [0.2, 0.25) is 0 Å². The van der Waals surface area contributed by atoms with Crippen LogP contribution < -0.4 is 0 Å². The van der Waals surface area contributed by atoms with Crippen molar-refractivity contribution in [3.05, 3.63) is 69.1 Å². The minimum absolute atomic E-state index is 0.120. The van der Waals surface area contributed by atoms with Crippen LogP contribution in [0.1, 0.15) is 153 Å². The number of aromatic nitrogens is 4. The molecule has 0 saturated carbocycles. The molecule has 3 aliphatic rings. The third-order valence-electron chi connectivity index (χ3n) is 12.6. The lowest BCUT2D eigenvalue weighted by molar-refractivity contribution is -0.140. The summed E-state index contributed by atoms with van der Waals surface area (Å²) in [6.07, 6.45) is -4.79. The molecule has 0 spiro atoms. The van der Waals surface area contributed by atoms with E-state index in [1.54, 1.807) is 20.8 Å². The number of fused-ring (bicyclic) bond motifs is 8. The molecule has 338 valence electrons. The Morgan fingerprint density at radius 2 is 1.13 bits per heavy atom. The fourth-order valence-corrected chi connectivity index (χ4v) is 9.80. The molecule has 20 nitrogen and oxygen atoms in total. The summed E-state index contributed by atoms with van der Waals surface area (Å²) < 4.78 is 0. The van der Waals surface area contributed by atoms with Crippen LogP contribution >= 0.6 is 0 Å². The van der Waals surface area contributed by atoms with E-state index in [2.05, 4.69) is 9.97 Å². The Labute approximate surface area is 358 Å². The number of carbonyl (C=O) groups is 8. The fraction of sp³-hybridized carbons (Fsp3) is 0.488. The Morgan fingerprint density at radius 3 is 1.68 bits per heavy atom. The Morgan fingerprint density at radius 1 is 0.571 bits per heavy atom. The van der Waals surface area contributed by atoms with Gasteiger partial charge in [-0.05, 0) is 67.5 Å². The number of aryl methyl sites for hydroxylation is 2. The molecular formula is C43H50N4O16. The molecular weight excluding hydrogens is 828 g/mol. The summed E-state index contributed by atoms with van der Waals surface area (Å²) in [7, 11) is 0. The second-order valence-corrected chi connectivity index (χ2v) is 16.9. The summed E-state index contributed by atoms with van der Waals surface area (Å²) in [4.78, 5) is 115. The second-order valence-electron chi connectivity index (χ2n) is 16.9. The second kappa shape index (κ2) is 18.6. The molecule has 0 saturated heterocycles. The van der Waals surface area contributed by atoms with Gasteiger partial charge in [0.25, 0.3) is 0 Å². The standard InChI is InChI=1S/C43H50N4O16/c1-19-40-23(13-37(58)59)21(5-9-33(50)51)27(46-40)14-26-20(4-8-32(48)49)22(12-36(56)57)28(44-26)15-29-24(6-10-34(52)53)42(2,17-38(60)61)31(45-29)16-30-25(7-11-35(54)55)43(3,18-39(62)63)41(19)47-30/h14-16,20,22,24-25,45-46H,4-13,17-18H2,1-3H3,(H,48,49)(H,50,51)(H,52,53)(H,54,55)(H,56,57)(H,58,59)(H,60,61)(H,62,63). The highest BCUT2D eigenvalue weighted by Gasteiger charge is 2.49. The van der Waals surface area contributed by atoms with Gasteiger partial charge in [0.1, 0.15) is 0 Å². The van der Waals surface area contributed by atoms with E-state index >= 15 is 0 Å². The molecule has 8 bridgehead atoms. The van der Waals surface area contributed by atoms with Gasteiger partial charge in [0, 0.05) is 99.7 Å². The first kappa shape index (κ1) is 47.2. The van der Waals surface area contributed by atoms with Crippen molar-refractivity contribution in [1.29, 1.82) is 0 Å². The number of carboxylic acid groups (broad SMARTS) is 8. The molecule has 5 rings (SSSR count). The number of H-pyrrole nitrogens is 2. The normalized spacial score (nSPS) is 22.2. The third-order valence-corrected chi connectivity index (χ3v) is 12.6.